The number of amidine groups is 1. The molecule has 0 aromatic carbocycles. The van der Waals surface area contributed by atoms with Gasteiger partial charge < -0.3 is 14.5 Å². The molecule has 1 amide bonds. The molecule has 28 heavy (non-hydrogen) atoms. The van der Waals surface area contributed by atoms with Crippen LogP contribution < -0.4 is 0 Å². The van der Waals surface area contributed by atoms with E-state index in [9.17, 15) is 9.59 Å². The van der Waals surface area contributed by atoms with Gasteiger partial charge in [-0.05, 0) is 16.4 Å². The number of nitrogens with zero attached hydrogens (tertiary/aromatic N) is 3. The Labute approximate surface area is 170 Å². The quantitative estimate of drug-likeness (QED) is 0.676. The summed E-state index contributed by atoms with van der Waals surface area (Å²) >= 11 is 0. The van der Waals surface area contributed by atoms with E-state index in [-0.39, 0.29) is 41.3 Å². The summed E-state index contributed by atoms with van der Waals surface area (Å²) in [6, 6.07) is 0.0150. The number of esters is 1. The predicted octanol–water partition coefficient (Wildman–Crippen LogP) is 3.48. The Morgan fingerprint density at radius 1 is 1.04 bits per heavy atom. The lowest BCUT2D eigenvalue weighted by Gasteiger charge is -2.50. The molecular weight excluding hydrogens is 354 g/mol. The molecule has 0 N–H and O–H groups in total. The summed E-state index contributed by atoms with van der Waals surface area (Å²) in [7, 11) is 1.35. The average molecular weight is 392 g/mol. The topological polar surface area (TPSA) is 62.2 Å². The van der Waals surface area contributed by atoms with E-state index in [0.717, 1.165) is 11.5 Å². The van der Waals surface area contributed by atoms with Crippen LogP contribution in [0.25, 0.3) is 0 Å². The third-order valence-electron chi connectivity index (χ3n) is 5.25. The van der Waals surface area contributed by atoms with Crippen molar-refractivity contribution in [1.82, 2.24) is 9.80 Å². The maximum Gasteiger partial charge on any atom is 0.325 e. The maximum absolute atomic E-state index is 12.8. The largest absolute Gasteiger partial charge is 0.468 e. The second-order valence-electron chi connectivity index (χ2n) is 11.0. The van der Waals surface area contributed by atoms with Crippen LogP contribution in [0.5, 0.6) is 0 Å². The first-order valence-corrected chi connectivity index (χ1v) is 10.0. The number of carbonyl (C=O) groups is 2. The Kier molecular flexibility index (Phi) is 5.77. The molecule has 2 aliphatic heterocycles. The number of fused-ring (bicyclic) bond motifs is 1. The summed E-state index contributed by atoms with van der Waals surface area (Å²) < 4.78 is 4.80. The van der Waals surface area contributed by atoms with Gasteiger partial charge in [-0.25, -0.2) is 0 Å². The third kappa shape index (κ3) is 4.41. The molecule has 0 saturated carbocycles. The number of aliphatic imine (C=N–C) groups is 1. The minimum absolute atomic E-state index is 0.0150. The van der Waals surface area contributed by atoms with Crippen molar-refractivity contribution in [3.63, 3.8) is 0 Å². The highest BCUT2D eigenvalue weighted by Crippen LogP contribution is 2.45. The Morgan fingerprint density at radius 2 is 1.61 bits per heavy atom. The normalized spacial score (nSPS) is 21.6. The lowest BCUT2D eigenvalue weighted by molar-refractivity contribution is -0.147. The molecule has 2 aliphatic rings. The SMILES string of the molecule is COC(=O)CN1CC2=C(C(C)(C)C)C(C(C)(C)C)N=C(C(C)(C)C)N2CC1=O. The van der Waals surface area contributed by atoms with Crippen LogP contribution in [0.2, 0.25) is 0 Å². The molecular formula is C22H37N3O3. The fourth-order valence-corrected chi connectivity index (χ4v) is 3.97. The molecule has 1 atom stereocenters. The van der Waals surface area contributed by atoms with E-state index in [2.05, 4.69) is 67.2 Å². The van der Waals surface area contributed by atoms with Gasteiger partial charge in [0.25, 0.3) is 0 Å². The molecule has 0 spiro atoms. The Morgan fingerprint density at radius 3 is 2.04 bits per heavy atom. The third-order valence-corrected chi connectivity index (χ3v) is 5.25. The van der Waals surface area contributed by atoms with Gasteiger partial charge in [-0.1, -0.05) is 62.3 Å². The van der Waals surface area contributed by atoms with Crippen LogP contribution in [0.3, 0.4) is 0 Å². The van der Waals surface area contributed by atoms with Crippen molar-refractivity contribution in [3.8, 4) is 0 Å². The van der Waals surface area contributed by atoms with E-state index < -0.39 is 5.97 Å². The number of amides is 1. The van der Waals surface area contributed by atoms with Crippen molar-refractivity contribution in [2.45, 2.75) is 68.4 Å². The van der Waals surface area contributed by atoms with Crippen LogP contribution in [0.1, 0.15) is 62.3 Å². The summed E-state index contributed by atoms with van der Waals surface area (Å²) in [5, 5.41) is 0. The zero-order valence-electron chi connectivity index (χ0n) is 19.3. The summed E-state index contributed by atoms with van der Waals surface area (Å²) in [6.45, 7) is 20.2. The monoisotopic (exact) mass is 391 g/mol. The van der Waals surface area contributed by atoms with Crippen LogP contribution in [-0.2, 0) is 14.3 Å². The maximum atomic E-state index is 12.8. The second-order valence-corrected chi connectivity index (χ2v) is 11.0. The van der Waals surface area contributed by atoms with Crippen molar-refractivity contribution in [2.75, 3.05) is 26.7 Å². The summed E-state index contributed by atoms with van der Waals surface area (Å²) in [5.41, 5.74) is 1.98. The number of ether oxygens (including phenoxy) is 1. The van der Waals surface area contributed by atoms with Crippen molar-refractivity contribution < 1.29 is 14.3 Å². The molecule has 2 rings (SSSR count). The molecule has 1 unspecified atom stereocenters. The molecule has 6 heteroatoms. The molecule has 6 nitrogen and oxygen atoms in total. The van der Waals surface area contributed by atoms with Crippen LogP contribution in [0.15, 0.2) is 16.3 Å². The lowest BCUT2D eigenvalue weighted by atomic mass is 9.70. The van der Waals surface area contributed by atoms with Crippen LogP contribution >= 0.6 is 0 Å². The summed E-state index contributed by atoms with van der Waals surface area (Å²) in [5.74, 6) is 0.475. The second kappa shape index (κ2) is 7.20. The fourth-order valence-electron chi connectivity index (χ4n) is 3.97. The number of rotatable bonds is 2. The van der Waals surface area contributed by atoms with Crippen molar-refractivity contribution >= 4 is 17.7 Å². The van der Waals surface area contributed by atoms with E-state index in [1.165, 1.54) is 12.7 Å². The first-order valence-electron chi connectivity index (χ1n) is 10.0. The zero-order valence-corrected chi connectivity index (χ0v) is 19.3. The van der Waals surface area contributed by atoms with Gasteiger partial charge in [0.1, 0.15) is 18.9 Å². The van der Waals surface area contributed by atoms with Gasteiger partial charge in [0.05, 0.1) is 19.7 Å². The Bertz CT molecular complexity index is 715. The number of hydrogen-bond donors (Lipinski definition) is 0. The number of piperazine rings is 1. The molecule has 1 fully saturated rings. The Hall–Kier alpha value is -1.85. The van der Waals surface area contributed by atoms with E-state index in [4.69, 9.17) is 9.73 Å². The van der Waals surface area contributed by atoms with Crippen molar-refractivity contribution in [3.05, 3.63) is 11.3 Å². The van der Waals surface area contributed by atoms with Gasteiger partial charge in [0.15, 0.2) is 0 Å². The van der Waals surface area contributed by atoms with Gasteiger partial charge in [0.2, 0.25) is 5.91 Å². The highest BCUT2D eigenvalue weighted by molar-refractivity contribution is 5.95. The van der Waals surface area contributed by atoms with E-state index in [1.807, 2.05) is 0 Å². The van der Waals surface area contributed by atoms with Crippen LogP contribution in [0, 0.1) is 16.2 Å². The fraction of sp³-hybridized carbons (Fsp3) is 0.773. The van der Waals surface area contributed by atoms with Gasteiger partial charge in [-0.15, -0.1) is 0 Å². The smallest absolute Gasteiger partial charge is 0.325 e. The predicted molar refractivity (Wildman–Crippen MR) is 112 cm³/mol. The minimum atomic E-state index is -0.396. The lowest BCUT2D eigenvalue weighted by Crippen LogP contribution is -2.58. The molecule has 2 heterocycles. The summed E-state index contributed by atoms with van der Waals surface area (Å²) in [6.07, 6.45) is 0. The first-order chi connectivity index (χ1) is 12.6. The van der Waals surface area contributed by atoms with Crippen molar-refractivity contribution in [2.24, 2.45) is 21.2 Å². The molecule has 0 aliphatic carbocycles. The van der Waals surface area contributed by atoms with E-state index in [0.29, 0.717) is 6.54 Å². The minimum Gasteiger partial charge on any atom is -0.468 e. The molecule has 0 aromatic heterocycles. The van der Waals surface area contributed by atoms with E-state index in [1.54, 1.807) is 4.90 Å². The molecule has 0 aromatic rings. The number of hydrogen-bond acceptors (Lipinski definition) is 5. The highest BCUT2D eigenvalue weighted by atomic mass is 16.5. The standard InChI is InChI=1S/C22H37N3O3/c1-20(2,3)17-14-11-24(13-16(27)28-10)15(26)12-25(14)19(22(7,8)9)23-18(17)21(4,5)6/h18H,11-13H2,1-10H3. The molecule has 0 radical (unpaired) electrons. The van der Waals surface area contributed by atoms with Crippen LogP contribution in [-0.4, -0.2) is 60.3 Å². The van der Waals surface area contributed by atoms with Crippen molar-refractivity contribution in [1.29, 1.82) is 0 Å². The van der Waals surface area contributed by atoms with Gasteiger partial charge in [-0.3, -0.25) is 14.6 Å². The van der Waals surface area contributed by atoms with Gasteiger partial charge >= 0.3 is 5.97 Å². The molecule has 158 valence electrons. The summed E-state index contributed by atoms with van der Waals surface area (Å²) in [4.78, 5) is 33.6. The molecule has 0 bridgehead atoms. The Balaban J connectivity index is 2.66. The average Bonchev–Trinajstić information content (AvgIpc) is 2.50. The van der Waals surface area contributed by atoms with E-state index >= 15 is 0 Å². The molecule has 1 saturated heterocycles. The zero-order chi connectivity index (χ0) is 21.7. The number of methoxy groups -OCH3 is 1. The van der Waals surface area contributed by atoms with Gasteiger partial charge in [-0.2, -0.15) is 0 Å². The van der Waals surface area contributed by atoms with Crippen LogP contribution in [0.4, 0.5) is 0 Å². The van der Waals surface area contributed by atoms with Gasteiger partial charge in [0, 0.05) is 11.1 Å². The highest BCUT2D eigenvalue weighted by Gasteiger charge is 2.46. The first kappa shape index (κ1) is 22.4. The number of carbonyl (C=O) groups excluding carboxylic acids is 2.